The van der Waals surface area contributed by atoms with Gasteiger partial charge in [0.2, 0.25) is 5.88 Å². The molecule has 2 fully saturated rings. The van der Waals surface area contributed by atoms with Gasteiger partial charge < -0.3 is 14.8 Å². The molecule has 6 rings (SSSR count). The Hall–Kier alpha value is -4.02. The van der Waals surface area contributed by atoms with Crippen LogP contribution in [-0.2, 0) is 18.3 Å². The molecule has 13 heteroatoms. The highest BCUT2D eigenvalue weighted by Gasteiger charge is 2.49. The number of aromatic nitrogens is 6. The molecule has 0 atom stereocenters. The average Bonchev–Trinajstić information content (AvgIpc) is 3.61. The number of nitrogens with zero attached hydrogens (tertiary/aromatic N) is 7. The van der Waals surface area contributed by atoms with Gasteiger partial charge in [0, 0.05) is 48.5 Å². The zero-order chi connectivity index (χ0) is 27.9. The molecule has 1 saturated carbocycles. The number of nitrogens with one attached hydrogen (secondary N) is 1. The van der Waals surface area contributed by atoms with Crippen LogP contribution in [-0.4, -0.2) is 65.0 Å². The number of fused-ring (bicyclic) bond motifs is 1. The van der Waals surface area contributed by atoms with E-state index in [2.05, 4.69) is 36.0 Å². The second-order valence-electron chi connectivity index (χ2n) is 10.5. The normalized spacial score (nSPS) is 22.2. The van der Waals surface area contributed by atoms with Crippen molar-refractivity contribution >= 4 is 11.0 Å². The minimum atomic E-state index is -4.62. The molecule has 0 spiro atoms. The lowest BCUT2D eigenvalue weighted by Gasteiger charge is -2.52. The molecule has 0 radical (unpaired) electrons. The van der Waals surface area contributed by atoms with Crippen molar-refractivity contribution in [1.29, 1.82) is 5.26 Å². The molecule has 5 heterocycles. The van der Waals surface area contributed by atoms with E-state index in [0.717, 1.165) is 54.3 Å². The number of hydrogen-bond acceptors (Lipinski definition) is 8. The number of alkyl halides is 3. The first-order valence-electron chi connectivity index (χ1n) is 13.1. The van der Waals surface area contributed by atoms with E-state index in [1.807, 2.05) is 23.1 Å². The molecule has 0 aromatic carbocycles. The van der Waals surface area contributed by atoms with Crippen molar-refractivity contribution in [2.75, 3.05) is 13.1 Å². The first-order valence-corrected chi connectivity index (χ1v) is 13.1. The maximum atomic E-state index is 13.2. The number of ether oxygens (including phenoxy) is 1. The molecule has 10 nitrogen and oxygen atoms in total. The van der Waals surface area contributed by atoms with Crippen LogP contribution in [0.4, 0.5) is 13.2 Å². The number of aromatic amines is 1. The predicted molar refractivity (Wildman–Crippen MR) is 137 cm³/mol. The van der Waals surface area contributed by atoms with Gasteiger partial charge in [-0.15, -0.1) is 0 Å². The van der Waals surface area contributed by atoms with Crippen molar-refractivity contribution in [2.45, 2.75) is 62.6 Å². The fraction of sp³-hybridized carbons (Fsp3) is 0.444. The van der Waals surface area contributed by atoms with E-state index in [0.29, 0.717) is 19.3 Å². The lowest BCUT2D eigenvalue weighted by atomic mass is 9.69. The Morgan fingerprint density at radius 2 is 2.00 bits per heavy atom. The summed E-state index contributed by atoms with van der Waals surface area (Å²) in [5.41, 5.74) is 1.02. The van der Waals surface area contributed by atoms with E-state index in [-0.39, 0.29) is 23.6 Å². The van der Waals surface area contributed by atoms with Crippen LogP contribution in [0, 0.1) is 11.3 Å². The van der Waals surface area contributed by atoms with Gasteiger partial charge in [-0.3, -0.25) is 9.58 Å². The Morgan fingerprint density at radius 1 is 1.20 bits per heavy atom. The second kappa shape index (κ2) is 10.2. The SMILES string of the molecule is N#CC[C@]1(n2cc(-c3ncnc4[nH]ccc34)cn2)C[C@@H](N2CCC(Oc3cc(CO)cc(C(F)(F)F)n3)CC2)C1. The summed E-state index contributed by atoms with van der Waals surface area (Å²) in [5.74, 6) is -0.121. The van der Waals surface area contributed by atoms with Gasteiger partial charge in [-0.2, -0.15) is 23.5 Å². The number of hydrogen-bond donors (Lipinski definition) is 2. The van der Waals surface area contributed by atoms with Crippen molar-refractivity contribution in [3.63, 3.8) is 0 Å². The molecule has 0 unspecified atom stereocenters. The van der Waals surface area contributed by atoms with Crippen molar-refractivity contribution in [3.8, 4) is 23.2 Å². The van der Waals surface area contributed by atoms with E-state index >= 15 is 0 Å². The van der Waals surface area contributed by atoms with Crippen molar-refractivity contribution in [2.24, 2.45) is 0 Å². The van der Waals surface area contributed by atoms with Gasteiger partial charge in [0.1, 0.15) is 23.8 Å². The monoisotopic (exact) mass is 552 g/mol. The van der Waals surface area contributed by atoms with Gasteiger partial charge in [0.15, 0.2) is 0 Å². The predicted octanol–water partition coefficient (Wildman–Crippen LogP) is 4.04. The second-order valence-corrected chi connectivity index (χ2v) is 10.5. The van der Waals surface area contributed by atoms with Crippen molar-refractivity contribution in [3.05, 3.63) is 54.4 Å². The Kier molecular flexibility index (Phi) is 6.67. The maximum absolute atomic E-state index is 13.2. The Labute approximate surface area is 227 Å². The van der Waals surface area contributed by atoms with E-state index in [9.17, 15) is 23.5 Å². The molecule has 1 aliphatic heterocycles. The molecular weight excluding hydrogens is 525 g/mol. The number of rotatable bonds is 7. The molecule has 2 aliphatic rings. The molecule has 1 aliphatic carbocycles. The highest BCUT2D eigenvalue weighted by Crippen LogP contribution is 2.45. The zero-order valence-corrected chi connectivity index (χ0v) is 21.5. The van der Waals surface area contributed by atoms with E-state index in [1.165, 1.54) is 12.4 Å². The standard InChI is InChI=1S/C27H27F3N8O2/c28-27(29,30)22-9-17(15-39)10-23(36-22)40-20-2-7-37(8-3-20)19-11-26(12-19,4-5-31)38-14-18(13-35-38)24-21-1-6-32-25(21)34-16-33-24/h1,6,9-10,13-14,16,19-20,39H,2-4,7-8,11-12,15H2,(H,32,33,34)/t19-,26+. The van der Waals surface area contributed by atoms with Gasteiger partial charge in [-0.05, 0) is 43.4 Å². The molecule has 0 bridgehead atoms. The minimum Gasteiger partial charge on any atom is -0.474 e. The van der Waals surface area contributed by atoms with Gasteiger partial charge >= 0.3 is 6.18 Å². The quantitative estimate of drug-likeness (QED) is 0.352. The smallest absolute Gasteiger partial charge is 0.433 e. The van der Waals surface area contributed by atoms with Crippen LogP contribution in [0.25, 0.3) is 22.3 Å². The van der Waals surface area contributed by atoms with Crippen molar-refractivity contribution < 1.29 is 23.0 Å². The number of H-pyrrole nitrogens is 1. The summed E-state index contributed by atoms with van der Waals surface area (Å²) < 4.78 is 47.3. The zero-order valence-electron chi connectivity index (χ0n) is 21.5. The number of pyridine rings is 1. The highest BCUT2D eigenvalue weighted by atomic mass is 19.4. The Morgan fingerprint density at radius 3 is 2.73 bits per heavy atom. The van der Waals surface area contributed by atoms with Crippen molar-refractivity contribution in [1.82, 2.24) is 34.6 Å². The van der Waals surface area contributed by atoms with Crippen LogP contribution in [0.3, 0.4) is 0 Å². The van der Waals surface area contributed by atoms with Gasteiger partial charge in [-0.1, -0.05) is 0 Å². The van der Waals surface area contributed by atoms with Crippen LogP contribution in [0.5, 0.6) is 5.88 Å². The number of piperidine rings is 1. The molecule has 40 heavy (non-hydrogen) atoms. The fourth-order valence-electron chi connectivity index (χ4n) is 5.83. The number of halogens is 3. The van der Waals surface area contributed by atoms with Crippen LogP contribution in [0.1, 0.15) is 43.4 Å². The van der Waals surface area contributed by atoms with E-state index in [1.54, 1.807) is 6.20 Å². The molecule has 4 aromatic heterocycles. The fourth-order valence-corrected chi connectivity index (χ4v) is 5.83. The average molecular weight is 553 g/mol. The third-order valence-corrected chi connectivity index (χ3v) is 7.95. The van der Waals surface area contributed by atoms with Gasteiger partial charge in [0.05, 0.1) is 36.5 Å². The molecular formula is C27H27F3N8O2. The van der Waals surface area contributed by atoms with Gasteiger partial charge in [0.25, 0.3) is 0 Å². The topological polar surface area (TPSA) is 129 Å². The Balaban J connectivity index is 1.09. The maximum Gasteiger partial charge on any atom is 0.433 e. The lowest BCUT2D eigenvalue weighted by Crippen LogP contribution is -2.58. The number of nitriles is 1. The summed E-state index contributed by atoms with van der Waals surface area (Å²) in [6.07, 6.45) is 5.31. The summed E-state index contributed by atoms with van der Waals surface area (Å²) in [7, 11) is 0. The lowest BCUT2D eigenvalue weighted by molar-refractivity contribution is -0.141. The molecule has 208 valence electrons. The van der Waals surface area contributed by atoms with Crippen LogP contribution in [0.15, 0.2) is 43.1 Å². The number of aliphatic hydroxyl groups is 1. The number of aliphatic hydroxyl groups excluding tert-OH is 1. The van der Waals surface area contributed by atoms with Crippen LogP contribution < -0.4 is 4.74 Å². The minimum absolute atomic E-state index is 0.108. The molecule has 1 saturated heterocycles. The summed E-state index contributed by atoms with van der Waals surface area (Å²) in [5, 5.41) is 24.5. The first-order chi connectivity index (χ1) is 19.3. The third kappa shape index (κ3) is 4.89. The van der Waals surface area contributed by atoms with E-state index in [4.69, 9.17) is 4.74 Å². The molecule has 2 N–H and O–H groups in total. The first kappa shape index (κ1) is 26.2. The van der Waals surface area contributed by atoms with Crippen LogP contribution in [0.2, 0.25) is 0 Å². The van der Waals surface area contributed by atoms with Crippen LogP contribution >= 0.6 is 0 Å². The highest BCUT2D eigenvalue weighted by molar-refractivity contribution is 5.90. The summed E-state index contributed by atoms with van der Waals surface area (Å²) in [6.45, 7) is 0.918. The summed E-state index contributed by atoms with van der Waals surface area (Å²) in [6, 6.07) is 6.71. The summed E-state index contributed by atoms with van der Waals surface area (Å²) >= 11 is 0. The van der Waals surface area contributed by atoms with Gasteiger partial charge in [-0.25, -0.2) is 15.0 Å². The molecule has 4 aromatic rings. The summed E-state index contributed by atoms with van der Waals surface area (Å²) in [4.78, 5) is 17.7. The van der Waals surface area contributed by atoms with E-state index < -0.39 is 24.0 Å². The third-order valence-electron chi connectivity index (χ3n) is 7.95. The largest absolute Gasteiger partial charge is 0.474 e. The number of likely N-dealkylation sites (tertiary alicyclic amines) is 1. The molecule has 0 amide bonds. The Bertz CT molecular complexity index is 1550.